The summed E-state index contributed by atoms with van der Waals surface area (Å²) in [6.07, 6.45) is 3.51. The lowest BCUT2D eigenvalue weighted by Crippen LogP contribution is -2.02. The van der Waals surface area contributed by atoms with Crippen LogP contribution in [0.2, 0.25) is 0 Å². The highest BCUT2D eigenvalue weighted by atomic mass is 16.5. The largest absolute Gasteiger partial charge is 0.465 e. The van der Waals surface area contributed by atoms with Gasteiger partial charge in [-0.2, -0.15) is 5.26 Å². The lowest BCUT2D eigenvalue weighted by atomic mass is 10.1. The van der Waals surface area contributed by atoms with E-state index in [0.29, 0.717) is 16.8 Å². The fourth-order valence-corrected chi connectivity index (χ4v) is 2.15. The predicted octanol–water partition coefficient (Wildman–Crippen LogP) is 2.66. The van der Waals surface area contributed by atoms with Crippen LogP contribution >= 0.6 is 0 Å². The minimum absolute atomic E-state index is 0.388. The average molecular weight is 277 g/mol. The molecule has 0 fully saturated rings. The van der Waals surface area contributed by atoms with Crippen LogP contribution in [0.1, 0.15) is 15.9 Å². The number of carbonyl (C=O) groups excluding carboxylic acids is 1. The van der Waals surface area contributed by atoms with Crippen molar-refractivity contribution in [2.24, 2.45) is 0 Å². The highest BCUT2D eigenvalue weighted by Gasteiger charge is 2.10. The summed E-state index contributed by atoms with van der Waals surface area (Å²) in [7, 11) is 1.35. The van der Waals surface area contributed by atoms with E-state index in [9.17, 15) is 4.79 Å². The number of hydrogen-bond donors (Lipinski definition) is 0. The van der Waals surface area contributed by atoms with Crippen LogP contribution in [0.25, 0.3) is 16.9 Å². The van der Waals surface area contributed by atoms with Crippen LogP contribution in [0.5, 0.6) is 0 Å². The number of imidazole rings is 1. The van der Waals surface area contributed by atoms with Crippen LogP contribution < -0.4 is 0 Å². The van der Waals surface area contributed by atoms with Crippen molar-refractivity contribution in [1.82, 2.24) is 9.38 Å². The number of fused-ring (bicyclic) bond motifs is 1. The molecule has 0 saturated heterocycles. The Balaban J connectivity index is 2.08. The highest BCUT2D eigenvalue weighted by Crippen LogP contribution is 2.22. The molecule has 0 aliphatic heterocycles. The molecular formula is C16H11N3O2. The number of rotatable bonds is 2. The second-order valence-electron chi connectivity index (χ2n) is 4.47. The zero-order valence-corrected chi connectivity index (χ0v) is 11.3. The van der Waals surface area contributed by atoms with E-state index in [2.05, 4.69) is 11.1 Å². The van der Waals surface area contributed by atoms with Crippen molar-refractivity contribution in [3.8, 4) is 17.3 Å². The van der Waals surface area contributed by atoms with Gasteiger partial charge in [0.2, 0.25) is 0 Å². The minimum atomic E-state index is -0.388. The molecule has 3 rings (SSSR count). The van der Waals surface area contributed by atoms with Gasteiger partial charge in [0.15, 0.2) is 0 Å². The van der Waals surface area contributed by atoms with E-state index >= 15 is 0 Å². The number of esters is 1. The number of ether oxygens (including phenoxy) is 1. The zero-order chi connectivity index (χ0) is 14.8. The predicted molar refractivity (Wildman–Crippen MR) is 76.7 cm³/mol. The Bertz CT molecular complexity index is 857. The van der Waals surface area contributed by atoms with Gasteiger partial charge in [-0.15, -0.1) is 0 Å². The molecule has 0 saturated carbocycles. The third kappa shape index (κ3) is 2.23. The van der Waals surface area contributed by atoms with Crippen molar-refractivity contribution in [1.29, 1.82) is 5.26 Å². The summed E-state index contributed by atoms with van der Waals surface area (Å²) in [5.74, 6) is -0.388. The summed E-state index contributed by atoms with van der Waals surface area (Å²) in [5.41, 5.74) is 3.58. The summed E-state index contributed by atoms with van der Waals surface area (Å²) < 4.78 is 6.58. The van der Waals surface area contributed by atoms with Crippen molar-refractivity contribution in [2.75, 3.05) is 7.11 Å². The Morgan fingerprint density at radius 2 is 2.05 bits per heavy atom. The lowest BCUT2D eigenvalue weighted by Gasteiger charge is -2.03. The Hall–Kier alpha value is -3.13. The molecule has 0 spiro atoms. The summed E-state index contributed by atoms with van der Waals surface area (Å²) in [4.78, 5) is 15.8. The van der Waals surface area contributed by atoms with E-state index in [1.165, 1.54) is 7.11 Å². The summed E-state index contributed by atoms with van der Waals surface area (Å²) in [6.45, 7) is 0. The standard InChI is InChI=1S/C16H11N3O2/c1-21-16(20)13-6-7-19-14(10-18-15(19)8-13)12-4-2-11(9-17)3-5-12/h2-8,10H,1H3. The van der Waals surface area contributed by atoms with E-state index in [-0.39, 0.29) is 5.97 Å². The maximum Gasteiger partial charge on any atom is 0.338 e. The second-order valence-corrected chi connectivity index (χ2v) is 4.47. The molecule has 21 heavy (non-hydrogen) atoms. The van der Waals surface area contributed by atoms with Crippen molar-refractivity contribution in [3.63, 3.8) is 0 Å². The molecule has 102 valence electrons. The van der Waals surface area contributed by atoms with Gasteiger partial charge in [-0.3, -0.25) is 4.40 Å². The van der Waals surface area contributed by atoms with Crippen LogP contribution in [-0.2, 0) is 4.74 Å². The molecule has 0 amide bonds. The number of carbonyl (C=O) groups is 1. The van der Waals surface area contributed by atoms with Gasteiger partial charge in [0.05, 0.1) is 36.2 Å². The Morgan fingerprint density at radius 1 is 1.29 bits per heavy atom. The van der Waals surface area contributed by atoms with Crippen molar-refractivity contribution in [2.45, 2.75) is 0 Å². The molecule has 5 heteroatoms. The maximum atomic E-state index is 11.5. The quantitative estimate of drug-likeness (QED) is 0.675. The Morgan fingerprint density at radius 3 is 2.71 bits per heavy atom. The lowest BCUT2D eigenvalue weighted by molar-refractivity contribution is 0.0600. The number of methoxy groups -OCH3 is 1. The number of pyridine rings is 1. The van der Waals surface area contributed by atoms with Crippen LogP contribution in [0.15, 0.2) is 48.8 Å². The molecule has 0 atom stereocenters. The van der Waals surface area contributed by atoms with E-state index in [4.69, 9.17) is 10.00 Å². The molecule has 0 N–H and O–H groups in total. The van der Waals surface area contributed by atoms with Crippen LogP contribution in [0.4, 0.5) is 0 Å². The molecule has 3 aromatic rings. The second kappa shape index (κ2) is 5.10. The van der Waals surface area contributed by atoms with Gasteiger partial charge in [0.25, 0.3) is 0 Å². The summed E-state index contributed by atoms with van der Waals surface area (Å²) >= 11 is 0. The van der Waals surface area contributed by atoms with Crippen LogP contribution in [0.3, 0.4) is 0 Å². The average Bonchev–Trinajstić information content (AvgIpc) is 2.97. The minimum Gasteiger partial charge on any atom is -0.465 e. The van der Waals surface area contributed by atoms with Gasteiger partial charge in [0, 0.05) is 11.8 Å². The fourth-order valence-electron chi connectivity index (χ4n) is 2.15. The van der Waals surface area contributed by atoms with E-state index in [0.717, 1.165) is 11.3 Å². The number of aromatic nitrogens is 2. The number of nitriles is 1. The first kappa shape index (κ1) is 12.9. The molecule has 0 radical (unpaired) electrons. The molecule has 0 aliphatic carbocycles. The molecule has 5 nitrogen and oxygen atoms in total. The van der Waals surface area contributed by atoms with Gasteiger partial charge in [-0.25, -0.2) is 9.78 Å². The number of nitrogens with zero attached hydrogens (tertiary/aromatic N) is 3. The van der Waals surface area contributed by atoms with Crippen molar-refractivity contribution < 1.29 is 9.53 Å². The van der Waals surface area contributed by atoms with Gasteiger partial charge in [-0.1, -0.05) is 12.1 Å². The van der Waals surface area contributed by atoms with Crippen molar-refractivity contribution in [3.05, 3.63) is 59.9 Å². The van der Waals surface area contributed by atoms with Gasteiger partial charge >= 0.3 is 5.97 Å². The van der Waals surface area contributed by atoms with E-state index in [1.807, 2.05) is 16.5 Å². The summed E-state index contributed by atoms with van der Waals surface area (Å²) in [5, 5.41) is 8.83. The molecule has 2 aromatic heterocycles. The fraction of sp³-hybridized carbons (Fsp3) is 0.0625. The molecule has 0 unspecified atom stereocenters. The third-order valence-electron chi connectivity index (χ3n) is 3.24. The first-order chi connectivity index (χ1) is 10.2. The Kier molecular flexibility index (Phi) is 3.13. The first-order valence-electron chi connectivity index (χ1n) is 6.29. The number of benzene rings is 1. The maximum absolute atomic E-state index is 11.5. The SMILES string of the molecule is COC(=O)c1ccn2c(-c3ccc(C#N)cc3)cnc2c1. The van der Waals surface area contributed by atoms with E-state index < -0.39 is 0 Å². The molecular weight excluding hydrogens is 266 g/mol. The topological polar surface area (TPSA) is 67.4 Å². The van der Waals surface area contributed by atoms with E-state index in [1.54, 1.807) is 36.7 Å². The normalized spacial score (nSPS) is 10.3. The molecule has 0 aliphatic rings. The summed E-state index contributed by atoms with van der Waals surface area (Å²) in [6, 6.07) is 12.7. The van der Waals surface area contributed by atoms with Gasteiger partial charge < -0.3 is 4.74 Å². The van der Waals surface area contributed by atoms with Gasteiger partial charge in [-0.05, 0) is 24.3 Å². The smallest absolute Gasteiger partial charge is 0.338 e. The monoisotopic (exact) mass is 277 g/mol. The Labute approximate surface area is 121 Å². The van der Waals surface area contributed by atoms with Crippen LogP contribution in [-0.4, -0.2) is 22.5 Å². The molecule has 2 heterocycles. The molecule has 1 aromatic carbocycles. The zero-order valence-electron chi connectivity index (χ0n) is 11.3. The van der Waals surface area contributed by atoms with Crippen LogP contribution in [0, 0.1) is 11.3 Å². The van der Waals surface area contributed by atoms with Gasteiger partial charge in [0.1, 0.15) is 5.65 Å². The number of hydrogen-bond acceptors (Lipinski definition) is 4. The highest BCUT2D eigenvalue weighted by molar-refractivity contribution is 5.90. The molecule has 0 bridgehead atoms. The van der Waals surface area contributed by atoms with Crippen molar-refractivity contribution >= 4 is 11.6 Å². The first-order valence-corrected chi connectivity index (χ1v) is 6.29. The third-order valence-corrected chi connectivity index (χ3v) is 3.24.